The number of nitrogens with two attached hydrogens (primary N) is 1. The first kappa shape index (κ1) is 13.3. The van der Waals surface area contributed by atoms with E-state index in [-0.39, 0.29) is 5.91 Å². The van der Waals surface area contributed by atoms with Gasteiger partial charge in [0, 0.05) is 25.2 Å². The molecule has 3 heteroatoms. The summed E-state index contributed by atoms with van der Waals surface area (Å²) in [5.74, 6) is 0.171. The monoisotopic (exact) mass is 232 g/mol. The number of benzene rings is 1. The molecule has 0 heterocycles. The highest BCUT2D eigenvalue weighted by molar-refractivity contribution is 5.76. The Hall–Kier alpha value is -1.77. The maximum Gasteiger partial charge on any atom is 0.223 e. The van der Waals surface area contributed by atoms with Crippen LogP contribution >= 0.6 is 0 Å². The Bertz CT molecular complexity index is 370. The van der Waals surface area contributed by atoms with Gasteiger partial charge in [-0.1, -0.05) is 18.2 Å². The average Bonchev–Trinajstić information content (AvgIpc) is 2.35. The van der Waals surface area contributed by atoms with Gasteiger partial charge in [0.2, 0.25) is 5.91 Å². The first-order valence-corrected chi connectivity index (χ1v) is 5.90. The summed E-state index contributed by atoms with van der Waals surface area (Å²) in [4.78, 5) is 13.7. The Morgan fingerprint density at radius 2 is 2.06 bits per heavy atom. The first-order valence-electron chi connectivity index (χ1n) is 5.90. The van der Waals surface area contributed by atoms with Crippen LogP contribution in [0.4, 0.5) is 5.69 Å². The number of hydrogen-bond acceptors (Lipinski definition) is 2. The van der Waals surface area contributed by atoms with Crippen LogP contribution < -0.4 is 5.73 Å². The minimum atomic E-state index is 0.171. The topological polar surface area (TPSA) is 46.3 Å². The number of amides is 1. The zero-order chi connectivity index (χ0) is 12.7. The molecular weight excluding hydrogens is 212 g/mol. The van der Waals surface area contributed by atoms with Crippen LogP contribution in [0.15, 0.2) is 36.9 Å². The second kappa shape index (κ2) is 6.74. The SMILES string of the molecule is C=CCN(CC)C(=O)CCc1ccc(N)cc1. The summed E-state index contributed by atoms with van der Waals surface area (Å²) in [5.41, 5.74) is 7.50. The number of hydrogen-bond donors (Lipinski definition) is 1. The summed E-state index contributed by atoms with van der Waals surface area (Å²) in [7, 11) is 0. The molecule has 0 aliphatic carbocycles. The van der Waals surface area contributed by atoms with Crippen LogP contribution in [0.2, 0.25) is 0 Å². The maximum atomic E-state index is 11.9. The lowest BCUT2D eigenvalue weighted by Crippen LogP contribution is -2.30. The van der Waals surface area contributed by atoms with Crippen LogP contribution in [0.3, 0.4) is 0 Å². The van der Waals surface area contributed by atoms with E-state index in [9.17, 15) is 4.79 Å². The zero-order valence-corrected chi connectivity index (χ0v) is 10.4. The average molecular weight is 232 g/mol. The van der Waals surface area contributed by atoms with E-state index < -0.39 is 0 Å². The number of anilines is 1. The van der Waals surface area contributed by atoms with Crippen molar-refractivity contribution in [3.8, 4) is 0 Å². The smallest absolute Gasteiger partial charge is 0.223 e. The summed E-state index contributed by atoms with van der Waals surface area (Å²) in [5, 5.41) is 0. The van der Waals surface area contributed by atoms with E-state index in [1.807, 2.05) is 31.2 Å². The Morgan fingerprint density at radius 1 is 1.41 bits per heavy atom. The number of carbonyl (C=O) groups is 1. The van der Waals surface area contributed by atoms with Crippen molar-refractivity contribution in [2.24, 2.45) is 0 Å². The van der Waals surface area contributed by atoms with Crippen LogP contribution in [-0.2, 0) is 11.2 Å². The van der Waals surface area contributed by atoms with Gasteiger partial charge in [-0.25, -0.2) is 0 Å². The molecule has 17 heavy (non-hydrogen) atoms. The van der Waals surface area contributed by atoms with Crippen molar-refractivity contribution in [1.82, 2.24) is 4.90 Å². The minimum Gasteiger partial charge on any atom is -0.399 e. The molecule has 92 valence electrons. The fourth-order valence-corrected chi connectivity index (χ4v) is 1.66. The molecule has 1 rings (SSSR count). The number of rotatable bonds is 6. The third-order valence-electron chi connectivity index (χ3n) is 2.69. The van der Waals surface area contributed by atoms with Crippen LogP contribution in [0, 0.1) is 0 Å². The van der Waals surface area contributed by atoms with Gasteiger partial charge in [-0.15, -0.1) is 6.58 Å². The highest BCUT2D eigenvalue weighted by Gasteiger charge is 2.09. The number of nitrogens with zero attached hydrogens (tertiary/aromatic N) is 1. The molecule has 1 aromatic carbocycles. The van der Waals surface area contributed by atoms with Crippen molar-refractivity contribution < 1.29 is 4.79 Å². The molecule has 0 aliphatic heterocycles. The van der Waals surface area contributed by atoms with E-state index in [1.165, 1.54) is 0 Å². The fraction of sp³-hybridized carbons (Fsp3) is 0.357. The van der Waals surface area contributed by atoms with E-state index >= 15 is 0 Å². The molecule has 0 saturated carbocycles. The maximum absolute atomic E-state index is 11.9. The van der Waals surface area contributed by atoms with Crippen molar-refractivity contribution in [2.75, 3.05) is 18.8 Å². The molecule has 0 aromatic heterocycles. The zero-order valence-electron chi connectivity index (χ0n) is 10.4. The van der Waals surface area contributed by atoms with Gasteiger partial charge in [0.05, 0.1) is 0 Å². The second-order valence-corrected chi connectivity index (χ2v) is 3.96. The number of aryl methyl sites for hydroxylation is 1. The molecule has 0 saturated heterocycles. The highest BCUT2D eigenvalue weighted by atomic mass is 16.2. The van der Waals surface area contributed by atoms with Crippen LogP contribution in [0.25, 0.3) is 0 Å². The molecule has 2 N–H and O–H groups in total. The van der Waals surface area contributed by atoms with Crippen molar-refractivity contribution in [3.05, 3.63) is 42.5 Å². The molecule has 0 radical (unpaired) electrons. The predicted octanol–water partition coefficient (Wildman–Crippen LogP) is 2.24. The molecule has 1 amide bonds. The molecule has 0 atom stereocenters. The number of nitrogen functional groups attached to an aromatic ring is 1. The van der Waals surface area contributed by atoms with Crippen molar-refractivity contribution in [3.63, 3.8) is 0 Å². The van der Waals surface area contributed by atoms with Crippen molar-refractivity contribution >= 4 is 11.6 Å². The summed E-state index contributed by atoms with van der Waals surface area (Å²) in [6, 6.07) is 7.65. The fourth-order valence-electron chi connectivity index (χ4n) is 1.66. The highest BCUT2D eigenvalue weighted by Crippen LogP contribution is 2.08. The molecule has 0 fully saturated rings. The number of likely N-dealkylation sites (N-methyl/N-ethyl adjacent to an activating group) is 1. The molecule has 0 unspecified atom stereocenters. The summed E-state index contributed by atoms with van der Waals surface area (Å²) in [6.07, 6.45) is 3.04. The quantitative estimate of drug-likeness (QED) is 0.604. The van der Waals surface area contributed by atoms with Gasteiger partial charge in [-0.2, -0.15) is 0 Å². The van der Waals surface area contributed by atoms with Gasteiger partial charge in [-0.05, 0) is 31.0 Å². The third kappa shape index (κ3) is 4.31. The van der Waals surface area contributed by atoms with Crippen molar-refractivity contribution in [2.45, 2.75) is 19.8 Å². The Labute approximate surface area is 103 Å². The van der Waals surface area contributed by atoms with Crippen LogP contribution in [0.1, 0.15) is 18.9 Å². The van der Waals surface area contributed by atoms with Crippen LogP contribution in [0.5, 0.6) is 0 Å². The second-order valence-electron chi connectivity index (χ2n) is 3.96. The van der Waals surface area contributed by atoms with E-state index in [2.05, 4.69) is 6.58 Å². The molecule has 0 bridgehead atoms. The lowest BCUT2D eigenvalue weighted by atomic mass is 10.1. The largest absolute Gasteiger partial charge is 0.399 e. The van der Waals surface area contributed by atoms with Gasteiger partial charge >= 0.3 is 0 Å². The lowest BCUT2D eigenvalue weighted by Gasteiger charge is -2.18. The number of carbonyl (C=O) groups excluding carboxylic acids is 1. The van der Waals surface area contributed by atoms with E-state index in [0.29, 0.717) is 13.0 Å². The van der Waals surface area contributed by atoms with Gasteiger partial charge in [-0.3, -0.25) is 4.79 Å². The van der Waals surface area contributed by atoms with Crippen molar-refractivity contribution in [1.29, 1.82) is 0 Å². The standard InChI is InChI=1S/C14H20N2O/c1-3-11-16(4-2)14(17)10-7-12-5-8-13(15)9-6-12/h3,5-6,8-9H,1,4,7,10-11,15H2,2H3. The molecule has 1 aromatic rings. The van der Waals surface area contributed by atoms with Gasteiger partial charge in [0.15, 0.2) is 0 Å². The van der Waals surface area contributed by atoms with Gasteiger partial charge in [0.25, 0.3) is 0 Å². The van der Waals surface area contributed by atoms with E-state index in [4.69, 9.17) is 5.73 Å². The first-order chi connectivity index (χ1) is 8.17. The van der Waals surface area contributed by atoms with Crippen LogP contribution in [-0.4, -0.2) is 23.9 Å². The third-order valence-corrected chi connectivity index (χ3v) is 2.69. The lowest BCUT2D eigenvalue weighted by molar-refractivity contribution is -0.130. The Balaban J connectivity index is 2.46. The molecular formula is C14H20N2O. The predicted molar refractivity (Wildman–Crippen MR) is 71.6 cm³/mol. The van der Waals surface area contributed by atoms with Gasteiger partial charge < -0.3 is 10.6 Å². The Kier molecular flexibility index (Phi) is 5.27. The van der Waals surface area contributed by atoms with E-state index in [0.717, 1.165) is 24.2 Å². The molecule has 3 nitrogen and oxygen atoms in total. The summed E-state index contributed by atoms with van der Waals surface area (Å²) in [6.45, 7) is 6.98. The Morgan fingerprint density at radius 3 is 2.59 bits per heavy atom. The van der Waals surface area contributed by atoms with E-state index in [1.54, 1.807) is 11.0 Å². The normalized spacial score (nSPS) is 9.94. The summed E-state index contributed by atoms with van der Waals surface area (Å²) >= 11 is 0. The molecule has 0 aliphatic rings. The summed E-state index contributed by atoms with van der Waals surface area (Å²) < 4.78 is 0. The van der Waals surface area contributed by atoms with Gasteiger partial charge in [0.1, 0.15) is 0 Å². The minimum absolute atomic E-state index is 0.171. The molecule has 0 spiro atoms.